The molecule has 0 bridgehead atoms. The molecule has 0 aromatic heterocycles. The summed E-state index contributed by atoms with van der Waals surface area (Å²) < 4.78 is 0. The molecule has 2 heteroatoms. The Labute approximate surface area is 90.7 Å². The first kappa shape index (κ1) is 10.2. The fourth-order valence-electron chi connectivity index (χ4n) is 2.09. The summed E-state index contributed by atoms with van der Waals surface area (Å²) in [6, 6.07) is 10.9. The molecule has 1 N–H and O–H groups in total. The lowest BCUT2D eigenvalue weighted by molar-refractivity contribution is -0.119. The fourth-order valence-corrected chi connectivity index (χ4v) is 2.09. The first-order valence-electron chi connectivity index (χ1n) is 5.68. The molecule has 1 amide bonds. The second-order valence-electron chi connectivity index (χ2n) is 4.18. The van der Waals surface area contributed by atoms with Crippen molar-refractivity contribution < 1.29 is 4.79 Å². The molecule has 1 saturated heterocycles. The van der Waals surface area contributed by atoms with Gasteiger partial charge in [0.05, 0.1) is 0 Å². The minimum Gasteiger partial charge on any atom is -0.353 e. The highest BCUT2D eigenvalue weighted by Crippen LogP contribution is 2.13. The van der Waals surface area contributed by atoms with Crippen LogP contribution in [0, 0.1) is 0 Å². The van der Waals surface area contributed by atoms with Gasteiger partial charge < -0.3 is 5.32 Å². The van der Waals surface area contributed by atoms with Gasteiger partial charge in [-0.25, -0.2) is 0 Å². The zero-order chi connectivity index (χ0) is 10.5. The summed E-state index contributed by atoms with van der Waals surface area (Å²) in [6.07, 6.45) is 5.13. The molecule has 0 aliphatic carbocycles. The van der Waals surface area contributed by atoms with Gasteiger partial charge in [0, 0.05) is 12.5 Å². The van der Waals surface area contributed by atoms with Crippen LogP contribution in [0.25, 0.3) is 0 Å². The van der Waals surface area contributed by atoms with Gasteiger partial charge in [0.2, 0.25) is 5.91 Å². The third-order valence-corrected chi connectivity index (χ3v) is 2.95. The lowest BCUT2D eigenvalue weighted by Crippen LogP contribution is -2.25. The Morgan fingerprint density at radius 1 is 1.27 bits per heavy atom. The molecule has 0 saturated carbocycles. The Balaban J connectivity index is 1.69. The molecule has 80 valence electrons. The van der Waals surface area contributed by atoms with Crippen molar-refractivity contribution in [2.75, 3.05) is 0 Å². The summed E-state index contributed by atoms with van der Waals surface area (Å²) in [5.41, 5.74) is 1.39. The van der Waals surface area contributed by atoms with E-state index >= 15 is 0 Å². The largest absolute Gasteiger partial charge is 0.353 e. The van der Waals surface area contributed by atoms with Gasteiger partial charge in [-0.3, -0.25) is 4.79 Å². The quantitative estimate of drug-likeness (QED) is 0.799. The SMILES string of the molecule is O=C1CC[C@H](CCCc2ccccc2)N1. The molecule has 0 spiro atoms. The van der Waals surface area contributed by atoms with Gasteiger partial charge in [0.25, 0.3) is 0 Å². The number of hydrogen-bond acceptors (Lipinski definition) is 1. The molecule has 2 nitrogen and oxygen atoms in total. The van der Waals surface area contributed by atoms with E-state index in [1.54, 1.807) is 0 Å². The lowest BCUT2D eigenvalue weighted by Gasteiger charge is -2.08. The number of benzene rings is 1. The van der Waals surface area contributed by atoms with Crippen LogP contribution in [0.5, 0.6) is 0 Å². The van der Waals surface area contributed by atoms with E-state index in [0.717, 1.165) is 32.1 Å². The van der Waals surface area contributed by atoms with Crippen LogP contribution in [0.3, 0.4) is 0 Å². The summed E-state index contributed by atoms with van der Waals surface area (Å²) in [5, 5.41) is 3.00. The topological polar surface area (TPSA) is 29.1 Å². The Morgan fingerprint density at radius 2 is 2.07 bits per heavy atom. The first-order valence-corrected chi connectivity index (χ1v) is 5.68. The van der Waals surface area contributed by atoms with E-state index in [2.05, 4.69) is 29.6 Å². The van der Waals surface area contributed by atoms with Gasteiger partial charge >= 0.3 is 0 Å². The Hall–Kier alpha value is -1.31. The monoisotopic (exact) mass is 203 g/mol. The van der Waals surface area contributed by atoms with E-state index in [0.29, 0.717) is 6.04 Å². The second-order valence-corrected chi connectivity index (χ2v) is 4.18. The van der Waals surface area contributed by atoms with Crippen LogP contribution >= 0.6 is 0 Å². The van der Waals surface area contributed by atoms with Crippen molar-refractivity contribution in [1.82, 2.24) is 5.32 Å². The van der Waals surface area contributed by atoms with Crippen LogP contribution < -0.4 is 5.32 Å². The summed E-state index contributed by atoms with van der Waals surface area (Å²) in [6.45, 7) is 0. The Morgan fingerprint density at radius 3 is 2.73 bits per heavy atom. The number of carbonyl (C=O) groups is 1. The summed E-state index contributed by atoms with van der Waals surface area (Å²) >= 11 is 0. The van der Waals surface area contributed by atoms with E-state index in [1.165, 1.54) is 5.56 Å². The van der Waals surface area contributed by atoms with Gasteiger partial charge in [-0.15, -0.1) is 0 Å². The van der Waals surface area contributed by atoms with Crippen LogP contribution in [-0.2, 0) is 11.2 Å². The standard InChI is InChI=1S/C13H17NO/c15-13-10-9-12(14-13)8-4-7-11-5-2-1-3-6-11/h1-3,5-6,12H,4,7-10H2,(H,14,15)/t12-/m0/s1. The lowest BCUT2D eigenvalue weighted by atomic mass is 10.0. The van der Waals surface area contributed by atoms with Gasteiger partial charge in [-0.05, 0) is 31.2 Å². The third-order valence-electron chi connectivity index (χ3n) is 2.95. The molecule has 0 radical (unpaired) electrons. The molecule has 2 rings (SSSR count). The van der Waals surface area contributed by atoms with Gasteiger partial charge in [-0.1, -0.05) is 30.3 Å². The smallest absolute Gasteiger partial charge is 0.220 e. The molecule has 0 unspecified atom stereocenters. The van der Waals surface area contributed by atoms with Crippen LogP contribution in [0.4, 0.5) is 0 Å². The number of carbonyl (C=O) groups excluding carboxylic acids is 1. The molecule has 1 aliphatic heterocycles. The average molecular weight is 203 g/mol. The van der Waals surface area contributed by atoms with E-state index in [-0.39, 0.29) is 5.91 Å². The summed E-state index contributed by atoms with van der Waals surface area (Å²) in [5.74, 6) is 0.222. The minimum atomic E-state index is 0.222. The maximum absolute atomic E-state index is 11.0. The fraction of sp³-hybridized carbons (Fsp3) is 0.462. The van der Waals surface area contributed by atoms with Crippen molar-refractivity contribution in [2.45, 2.75) is 38.1 Å². The normalized spacial score (nSPS) is 20.3. The molecule has 1 fully saturated rings. The Bertz CT molecular complexity index is 321. The average Bonchev–Trinajstić information content (AvgIpc) is 2.66. The van der Waals surface area contributed by atoms with Gasteiger partial charge in [0.1, 0.15) is 0 Å². The first-order chi connectivity index (χ1) is 7.34. The second kappa shape index (κ2) is 4.96. The number of rotatable bonds is 4. The maximum atomic E-state index is 11.0. The van der Waals surface area contributed by atoms with Crippen molar-refractivity contribution in [3.05, 3.63) is 35.9 Å². The van der Waals surface area contributed by atoms with Crippen molar-refractivity contribution in [3.8, 4) is 0 Å². The van der Waals surface area contributed by atoms with E-state index < -0.39 is 0 Å². The maximum Gasteiger partial charge on any atom is 0.220 e. The van der Waals surface area contributed by atoms with Crippen molar-refractivity contribution in [2.24, 2.45) is 0 Å². The Kier molecular flexibility index (Phi) is 3.38. The van der Waals surface area contributed by atoms with Gasteiger partial charge in [0.15, 0.2) is 0 Å². The van der Waals surface area contributed by atoms with Gasteiger partial charge in [-0.2, -0.15) is 0 Å². The molecule has 1 aliphatic rings. The van der Waals surface area contributed by atoms with E-state index in [4.69, 9.17) is 0 Å². The van der Waals surface area contributed by atoms with Crippen molar-refractivity contribution in [3.63, 3.8) is 0 Å². The highest BCUT2D eigenvalue weighted by atomic mass is 16.1. The summed E-state index contributed by atoms with van der Waals surface area (Å²) in [7, 11) is 0. The van der Waals surface area contributed by atoms with Crippen LogP contribution in [0.1, 0.15) is 31.2 Å². The third kappa shape index (κ3) is 3.08. The molecular weight excluding hydrogens is 186 g/mol. The van der Waals surface area contributed by atoms with Crippen LogP contribution in [-0.4, -0.2) is 11.9 Å². The number of aryl methyl sites for hydroxylation is 1. The number of hydrogen-bond donors (Lipinski definition) is 1. The molecular formula is C13H17NO. The summed E-state index contributed by atoms with van der Waals surface area (Å²) in [4.78, 5) is 11.0. The van der Waals surface area contributed by atoms with Crippen LogP contribution in [0.2, 0.25) is 0 Å². The molecule has 15 heavy (non-hydrogen) atoms. The predicted molar refractivity (Wildman–Crippen MR) is 60.5 cm³/mol. The minimum absolute atomic E-state index is 0.222. The molecule has 1 aromatic rings. The molecule has 1 aromatic carbocycles. The predicted octanol–water partition coefficient (Wildman–Crippen LogP) is 2.29. The number of nitrogens with one attached hydrogen (secondary N) is 1. The van der Waals surface area contributed by atoms with E-state index in [1.807, 2.05) is 6.07 Å². The molecule has 1 heterocycles. The van der Waals surface area contributed by atoms with Crippen molar-refractivity contribution >= 4 is 5.91 Å². The molecule has 1 atom stereocenters. The zero-order valence-corrected chi connectivity index (χ0v) is 8.91. The number of amides is 1. The van der Waals surface area contributed by atoms with E-state index in [9.17, 15) is 4.79 Å². The zero-order valence-electron chi connectivity index (χ0n) is 8.91. The van der Waals surface area contributed by atoms with Crippen LogP contribution in [0.15, 0.2) is 30.3 Å². The highest BCUT2D eigenvalue weighted by Gasteiger charge is 2.19. The highest BCUT2D eigenvalue weighted by molar-refractivity contribution is 5.78. The van der Waals surface area contributed by atoms with Crippen molar-refractivity contribution in [1.29, 1.82) is 0 Å².